The number of nitrogens with one attached hydrogen (secondary N) is 1. The van der Waals surface area contributed by atoms with Crippen molar-refractivity contribution in [3.63, 3.8) is 0 Å². The van der Waals surface area contributed by atoms with Crippen molar-refractivity contribution < 1.29 is 4.79 Å². The fraction of sp³-hybridized carbons (Fsp3) is 0.632. The van der Waals surface area contributed by atoms with Crippen LogP contribution in [0.3, 0.4) is 0 Å². The number of hydrogen-bond donors (Lipinski definition) is 1. The third kappa shape index (κ3) is 4.33. The van der Waals surface area contributed by atoms with Crippen molar-refractivity contribution in [3.05, 3.63) is 35.4 Å². The van der Waals surface area contributed by atoms with E-state index in [1.54, 1.807) is 0 Å². The number of benzene rings is 1. The number of amides is 1. The molecule has 0 bridgehead atoms. The van der Waals surface area contributed by atoms with Gasteiger partial charge in [-0.3, -0.25) is 4.79 Å². The van der Waals surface area contributed by atoms with Gasteiger partial charge in [-0.25, -0.2) is 0 Å². The molecule has 122 valence electrons. The van der Waals surface area contributed by atoms with E-state index < -0.39 is 0 Å². The standard InChI is InChI=1S/C19H30N2O/c1-14(15-8-10-17(11-9-15)19(2,3)4)20-18(22)16-7-6-12-21(5)13-16/h8-11,14,16H,6-7,12-13H2,1-5H3,(H,20,22). The van der Waals surface area contributed by atoms with E-state index in [-0.39, 0.29) is 23.3 Å². The first-order chi connectivity index (χ1) is 10.3. The number of carbonyl (C=O) groups is 1. The van der Waals surface area contributed by atoms with Crippen molar-refractivity contribution in [2.75, 3.05) is 20.1 Å². The van der Waals surface area contributed by atoms with E-state index in [4.69, 9.17) is 0 Å². The van der Waals surface area contributed by atoms with Gasteiger partial charge in [0.25, 0.3) is 0 Å². The molecule has 3 nitrogen and oxygen atoms in total. The van der Waals surface area contributed by atoms with Gasteiger partial charge in [0.05, 0.1) is 12.0 Å². The van der Waals surface area contributed by atoms with Gasteiger partial charge in [-0.15, -0.1) is 0 Å². The minimum absolute atomic E-state index is 0.0637. The lowest BCUT2D eigenvalue weighted by Gasteiger charge is -2.29. The quantitative estimate of drug-likeness (QED) is 0.927. The summed E-state index contributed by atoms with van der Waals surface area (Å²) in [5.41, 5.74) is 2.66. The van der Waals surface area contributed by atoms with Gasteiger partial charge >= 0.3 is 0 Å². The molecule has 1 amide bonds. The van der Waals surface area contributed by atoms with Crippen LogP contribution >= 0.6 is 0 Å². The summed E-state index contributed by atoms with van der Waals surface area (Å²) in [5.74, 6) is 0.328. The van der Waals surface area contributed by atoms with Crippen molar-refractivity contribution in [3.8, 4) is 0 Å². The molecule has 0 radical (unpaired) electrons. The summed E-state index contributed by atoms with van der Waals surface area (Å²) in [6.07, 6.45) is 2.12. The van der Waals surface area contributed by atoms with Crippen LogP contribution in [0.4, 0.5) is 0 Å². The number of likely N-dealkylation sites (tertiary alicyclic amines) is 1. The SMILES string of the molecule is CC(NC(=O)C1CCCN(C)C1)c1ccc(C(C)(C)C)cc1. The predicted octanol–water partition coefficient (Wildman–Crippen LogP) is 3.50. The number of hydrogen-bond acceptors (Lipinski definition) is 2. The van der Waals surface area contributed by atoms with Gasteiger partial charge in [-0.1, -0.05) is 45.0 Å². The highest BCUT2D eigenvalue weighted by Crippen LogP contribution is 2.24. The minimum atomic E-state index is 0.0637. The molecule has 1 saturated heterocycles. The van der Waals surface area contributed by atoms with Crippen LogP contribution in [0, 0.1) is 5.92 Å². The Morgan fingerprint density at radius 1 is 1.27 bits per heavy atom. The number of nitrogens with zero attached hydrogens (tertiary/aromatic N) is 1. The Hall–Kier alpha value is -1.35. The molecule has 0 aromatic heterocycles. The van der Waals surface area contributed by atoms with E-state index in [2.05, 4.69) is 69.2 Å². The van der Waals surface area contributed by atoms with Crippen LogP contribution in [0.2, 0.25) is 0 Å². The zero-order valence-corrected chi connectivity index (χ0v) is 14.6. The van der Waals surface area contributed by atoms with Gasteiger partial charge in [0.1, 0.15) is 0 Å². The molecule has 22 heavy (non-hydrogen) atoms. The molecule has 1 aromatic rings. The topological polar surface area (TPSA) is 32.3 Å². The molecule has 2 atom stereocenters. The Morgan fingerprint density at radius 3 is 2.45 bits per heavy atom. The highest BCUT2D eigenvalue weighted by molar-refractivity contribution is 5.79. The molecular formula is C19H30N2O. The predicted molar refractivity (Wildman–Crippen MR) is 91.9 cm³/mol. The van der Waals surface area contributed by atoms with Crippen molar-refractivity contribution in [2.45, 2.75) is 52.0 Å². The summed E-state index contributed by atoms with van der Waals surface area (Å²) in [5, 5.41) is 3.18. The summed E-state index contributed by atoms with van der Waals surface area (Å²) in [6, 6.07) is 8.68. The molecule has 1 N–H and O–H groups in total. The van der Waals surface area contributed by atoms with Crippen molar-refractivity contribution in [2.24, 2.45) is 5.92 Å². The van der Waals surface area contributed by atoms with Crippen molar-refractivity contribution >= 4 is 5.91 Å². The zero-order chi connectivity index (χ0) is 16.3. The fourth-order valence-electron chi connectivity index (χ4n) is 3.07. The van der Waals surface area contributed by atoms with E-state index in [1.165, 1.54) is 11.1 Å². The lowest BCUT2D eigenvalue weighted by Crippen LogP contribution is -2.42. The molecule has 1 fully saturated rings. The normalized spacial score (nSPS) is 21.4. The lowest BCUT2D eigenvalue weighted by molar-refractivity contribution is -0.127. The molecule has 2 unspecified atom stereocenters. The van der Waals surface area contributed by atoms with Gasteiger partial charge in [0.2, 0.25) is 5.91 Å². The number of piperidine rings is 1. The minimum Gasteiger partial charge on any atom is -0.349 e. The van der Waals surface area contributed by atoms with Crippen LogP contribution < -0.4 is 5.32 Å². The van der Waals surface area contributed by atoms with Crippen LogP contribution in [-0.4, -0.2) is 30.9 Å². The van der Waals surface area contributed by atoms with Crippen LogP contribution in [0.1, 0.15) is 57.7 Å². The molecule has 1 heterocycles. The second-order valence-corrected chi connectivity index (χ2v) is 7.70. The Morgan fingerprint density at radius 2 is 1.91 bits per heavy atom. The molecule has 1 aliphatic rings. The number of carbonyl (C=O) groups excluding carboxylic acids is 1. The third-order valence-corrected chi connectivity index (χ3v) is 4.63. The average Bonchev–Trinajstić information content (AvgIpc) is 2.46. The van der Waals surface area contributed by atoms with Gasteiger partial charge < -0.3 is 10.2 Å². The Bertz CT molecular complexity index is 501. The smallest absolute Gasteiger partial charge is 0.224 e. The Labute approximate surface area is 135 Å². The Kier molecular flexibility index (Phi) is 5.28. The highest BCUT2D eigenvalue weighted by Gasteiger charge is 2.25. The van der Waals surface area contributed by atoms with Crippen LogP contribution in [0.5, 0.6) is 0 Å². The van der Waals surface area contributed by atoms with Crippen LogP contribution in [0.15, 0.2) is 24.3 Å². The van der Waals surface area contributed by atoms with E-state index in [9.17, 15) is 4.79 Å². The summed E-state index contributed by atoms with van der Waals surface area (Å²) in [6.45, 7) is 10.7. The van der Waals surface area contributed by atoms with Crippen LogP contribution in [0.25, 0.3) is 0 Å². The van der Waals surface area contributed by atoms with Gasteiger partial charge in [-0.05, 0) is 49.9 Å². The molecular weight excluding hydrogens is 272 g/mol. The van der Waals surface area contributed by atoms with E-state index >= 15 is 0 Å². The van der Waals surface area contributed by atoms with Crippen LogP contribution in [-0.2, 0) is 10.2 Å². The maximum absolute atomic E-state index is 12.4. The monoisotopic (exact) mass is 302 g/mol. The molecule has 0 aliphatic carbocycles. The van der Waals surface area contributed by atoms with Crippen molar-refractivity contribution in [1.29, 1.82) is 0 Å². The highest BCUT2D eigenvalue weighted by atomic mass is 16.2. The molecule has 0 spiro atoms. The van der Waals surface area contributed by atoms with Crippen molar-refractivity contribution in [1.82, 2.24) is 10.2 Å². The first-order valence-corrected chi connectivity index (χ1v) is 8.37. The van der Waals surface area contributed by atoms with Gasteiger partial charge in [0, 0.05) is 6.54 Å². The Balaban J connectivity index is 1.96. The van der Waals surface area contributed by atoms with Gasteiger partial charge in [-0.2, -0.15) is 0 Å². The first kappa shape index (κ1) is 17.0. The number of rotatable bonds is 3. The fourth-order valence-corrected chi connectivity index (χ4v) is 3.07. The molecule has 2 rings (SSSR count). The zero-order valence-electron chi connectivity index (χ0n) is 14.6. The third-order valence-electron chi connectivity index (χ3n) is 4.63. The summed E-state index contributed by atoms with van der Waals surface area (Å²) < 4.78 is 0. The molecule has 0 saturated carbocycles. The first-order valence-electron chi connectivity index (χ1n) is 8.37. The molecule has 1 aliphatic heterocycles. The largest absolute Gasteiger partial charge is 0.349 e. The van der Waals surface area contributed by atoms with Gasteiger partial charge in [0.15, 0.2) is 0 Å². The lowest BCUT2D eigenvalue weighted by atomic mass is 9.86. The maximum atomic E-state index is 12.4. The molecule has 1 aromatic carbocycles. The average molecular weight is 302 g/mol. The van der Waals surface area contributed by atoms with E-state index in [0.29, 0.717) is 0 Å². The maximum Gasteiger partial charge on any atom is 0.224 e. The summed E-state index contributed by atoms with van der Waals surface area (Å²) >= 11 is 0. The van der Waals surface area contributed by atoms with E-state index in [1.807, 2.05) is 0 Å². The van der Waals surface area contributed by atoms with E-state index in [0.717, 1.165) is 25.9 Å². The second kappa shape index (κ2) is 6.82. The summed E-state index contributed by atoms with van der Waals surface area (Å²) in [7, 11) is 2.09. The second-order valence-electron chi connectivity index (χ2n) is 7.70. The molecule has 3 heteroatoms. The summed E-state index contributed by atoms with van der Waals surface area (Å²) in [4.78, 5) is 14.7.